The second kappa shape index (κ2) is 10.7. The summed E-state index contributed by atoms with van der Waals surface area (Å²) < 4.78 is 12.8. The third-order valence-corrected chi connectivity index (χ3v) is 7.71. The average Bonchev–Trinajstić information content (AvgIpc) is 3.47. The lowest BCUT2D eigenvalue weighted by Crippen LogP contribution is -2.29. The molecule has 0 bridgehead atoms. The van der Waals surface area contributed by atoms with Gasteiger partial charge >= 0.3 is 0 Å². The average molecular weight is 492 g/mol. The Kier molecular flexibility index (Phi) is 6.83. The standard InChI is InChI=1S/C33H33NO3/c35-27-16-12-26(13-17-27)33-32(24-8-2-1-3-9-24)31(29-10-4-5-11-30(29)37-33)25-14-18-28(19-15-25)36-23-22-34-20-6-7-21-34/h1-5,8-19,31-33,35H,6-7,20-23H2/t31-,32+,33-/m0/s1. The molecule has 0 amide bonds. The number of hydrogen-bond donors (Lipinski definition) is 1. The molecule has 2 heterocycles. The molecule has 0 saturated carbocycles. The van der Waals surface area contributed by atoms with Gasteiger partial charge in [0.05, 0.1) is 0 Å². The van der Waals surface area contributed by atoms with E-state index in [1.54, 1.807) is 12.1 Å². The van der Waals surface area contributed by atoms with Crippen LogP contribution in [0, 0.1) is 0 Å². The van der Waals surface area contributed by atoms with E-state index < -0.39 is 0 Å². The summed E-state index contributed by atoms with van der Waals surface area (Å²) in [4.78, 5) is 2.47. The number of benzene rings is 4. The van der Waals surface area contributed by atoms with Gasteiger partial charge in [0.1, 0.15) is 30.0 Å². The first kappa shape index (κ1) is 23.6. The van der Waals surface area contributed by atoms with E-state index in [0.717, 1.165) is 30.2 Å². The number of hydrogen-bond acceptors (Lipinski definition) is 4. The summed E-state index contributed by atoms with van der Waals surface area (Å²) in [6.07, 6.45) is 2.41. The molecule has 0 unspecified atom stereocenters. The summed E-state index contributed by atoms with van der Waals surface area (Å²) in [5, 5.41) is 9.92. The summed E-state index contributed by atoms with van der Waals surface area (Å²) in [6.45, 7) is 4.08. The summed E-state index contributed by atoms with van der Waals surface area (Å²) in [5.41, 5.74) is 4.70. The Hall–Kier alpha value is -3.76. The van der Waals surface area contributed by atoms with Crippen LogP contribution in [0.5, 0.6) is 17.2 Å². The predicted molar refractivity (Wildman–Crippen MR) is 147 cm³/mol. The fourth-order valence-corrected chi connectivity index (χ4v) is 5.86. The second-order valence-corrected chi connectivity index (χ2v) is 10.0. The summed E-state index contributed by atoms with van der Waals surface area (Å²) in [7, 11) is 0. The summed E-state index contributed by atoms with van der Waals surface area (Å²) in [5.74, 6) is 2.24. The molecule has 4 nitrogen and oxygen atoms in total. The lowest BCUT2D eigenvalue weighted by atomic mass is 9.71. The Labute approximate surface area is 219 Å². The van der Waals surface area contributed by atoms with Crippen LogP contribution in [0.2, 0.25) is 0 Å². The summed E-state index contributed by atoms with van der Waals surface area (Å²) in [6, 6.07) is 35.1. The van der Waals surface area contributed by atoms with Gasteiger partial charge in [0.2, 0.25) is 0 Å². The molecule has 0 radical (unpaired) electrons. The number of ether oxygens (including phenoxy) is 2. The van der Waals surface area contributed by atoms with Crippen molar-refractivity contribution in [1.82, 2.24) is 4.90 Å². The van der Waals surface area contributed by atoms with Gasteiger partial charge in [-0.05, 0) is 73.0 Å². The number of nitrogens with zero attached hydrogens (tertiary/aromatic N) is 1. The highest BCUT2D eigenvalue weighted by atomic mass is 16.5. The third-order valence-electron chi connectivity index (χ3n) is 7.71. The zero-order chi connectivity index (χ0) is 25.0. The van der Waals surface area contributed by atoms with Crippen molar-refractivity contribution in [2.45, 2.75) is 30.8 Å². The van der Waals surface area contributed by atoms with E-state index in [-0.39, 0.29) is 23.7 Å². The van der Waals surface area contributed by atoms with Gasteiger partial charge in [-0.3, -0.25) is 4.90 Å². The molecule has 3 atom stereocenters. The smallest absolute Gasteiger partial charge is 0.131 e. The van der Waals surface area contributed by atoms with Crippen LogP contribution in [-0.4, -0.2) is 36.2 Å². The largest absolute Gasteiger partial charge is 0.508 e. The Bertz CT molecular complexity index is 1300. The fraction of sp³-hybridized carbons (Fsp3) is 0.273. The minimum Gasteiger partial charge on any atom is -0.508 e. The first-order valence-corrected chi connectivity index (χ1v) is 13.3. The number of phenols is 1. The zero-order valence-corrected chi connectivity index (χ0v) is 21.0. The van der Waals surface area contributed by atoms with Gasteiger partial charge in [-0.2, -0.15) is 0 Å². The van der Waals surface area contributed by atoms with Gasteiger partial charge in [0.25, 0.3) is 0 Å². The van der Waals surface area contributed by atoms with Crippen molar-refractivity contribution < 1.29 is 14.6 Å². The van der Waals surface area contributed by atoms with Crippen molar-refractivity contribution in [3.05, 3.63) is 125 Å². The first-order chi connectivity index (χ1) is 18.3. The number of fused-ring (bicyclic) bond motifs is 1. The van der Waals surface area contributed by atoms with Crippen molar-refractivity contribution in [3.8, 4) is 17.2 Å². The highest BCUT2D eigenvalue weighted by molar-refractivity contribution is 5.50. The van der Waals surface area contributed by atoms with E-state index in [9.17, 15) is 5.11 Å². The van der Waals surface area contributed by atoms with Gasteiger partial charge in [-0.25, -0.2) is 0 Å². The van der Waals surface area contributed by atoms with E-state index in [1.807, 2.05) is 18.2 Å². The molecule has 1 N–H and O–H groups in total. The van der Waals surface area contributed by atoms with Crippen molar-refractivity contribution in [3.63, 3.8) is 0 Å². The molecule has 4 heteroatoms. The quantitative estimate of drug-likeness (QED) is 0.305. The molecule has 1 saturated heterocycles. The van der Waals surface area contributed by atoms with Crippen LogP contribution < -0.4 is 9.47 Å². The predicted octanol–water partition coefficient (Wildman–Crippen LogP) is 6.92. The molecule has 0 aliphatic carbocycles. The van der Waals surface area contributed by atoms with E-state index in [4.69, 9.17) is 9.47 Å². The molecule has 4 aromatic rings. The summed E-state index contributed by atoms with van der Waals surface area (Å²) >= 11 is 0. The molecular formula is C33H33NO3. The minimum atomic E-state index is -0.195. The van der Waals surface area contributed by atoms with E-state index in [2.05, 4.69) is 77.7 Å². The van der Waals surface area contributed by atoms with E-state index in [1.165, 1.54) is 42.6 Å². The van der Waals surface area contributed by atoms with Gasteiger partial charge in [-0.1, -0.05) is 72.8 Å². The molecule has 6 rings (SSSR count). The van der Waals surface area contributed by atoms with Crippen molar-refractivity contribution in [2.75, 3.05) is 26.2 Å². The molecule has 2 aliphatic heterocycles. The van der Waals surface area contributed by atoms with Crippen LogP contribution in [0.25, 0.3) is 0 Å². The Morgan fingerprint density at radius 3 is 2.16 bits per heavy atom. The Balaban J connectivity index is 1.35. The molecule has 188 valence electrons. The maximum atomic E-state index is 9.92. The highest BCUT2D eigenvalue weighted by Gasteiger charge is 2.40. The molecular weight excluding hydrogens is 458 g/mol. The fourth-order valence-electron chi connectivity index (χ4n) is 5.86. The van der Waals surface area contributed by atoms with Gasteiger partial charge < -0.3 is 14.6 Å². The first-order valence-electron chi connectivity index (χ1n) is 13.3. The zero-order valence-electron chi connectivity index (χ0n) is 21.0. The number of para-hydroxylation sites is 1. The van der Waals surface area contributed by atoms with Crippen LogP contribution in [0.3, 0.4) is 0 Å². The number of likely N-dealkylation sites (tertiary alicyclic amines) is 1. The number of phenolic OH excluding ortho intramolecular Hbond substituents is 1. The van der Waals surface area contributed by atoms with E-state index >= 15 is 0 Å². The SMILES string of the molecule is Oc1ccc([C@@H]2Oc3ccccc3[C@H](c3ccc(OCCN4CCCC4)cc3)[C@H]2c2ccccc2)cc1. The lowest BCUT2D eigenvalue weighted by Gasteiger charge is -2.40. The topological polar surface area (TPSA) is 41.9 Å². The van der Waals surface area contributed by atoms with Gasteiger partial charge in [0, 0.05) is 23.9 Å². The molecule has 2 aliphatic rings. The molecule has 0 spiro atoms. The van der Waals surface area contributed by atoms with Crippen molar-refractivity contribution >= 4 is 0 Å². The lowest BCUT2D eigenvalue weighted by molar-refractivity contribution is 0.141. The van der Waals surface area contributed by atoms with Crippen LogP contribution >= 0.6 is 0 Å². The molecule has 0 aromatic heterocycles. The highest BCUT2D eigenvalue weighted by Crippen LogP contribution is 2.53. The van der Waals surface area contributed by atoms with Crippen molar-refractivity contribution in [2.24, 2.45) is 0 Å². The van der Waals surface area contributed by atoms with Gasteiger partial charge in [-0.15, -0.1) is 0 Å². The Morgan fingerprint density at radius 1 is 0.730 bits per heavy atom. The van der Waals surface area contributed by atoms with Gasteiger partial charge in [0.15, 0.2) is 0 Å². The van der Waals surface area contributed by atoms with Crippen LogP contribution in [-0.2, 0) is 0 Å². The minimum absolute atomic E-state index is 0.0579. The Morgan fingerprint density at radius 2 is 1.41 bits per heavy atom. The second-order valence-electron chi connectivity index (χ2n) is 10.0. The van der Waals surface area contributed by atoms with E-state index in [0.29, 0.717) is 0 Å². The van der Waals surface area contributed by atoms with Crippen LogP contribution in [0.4, 0.5) is 0 Å². The van der Waals surface area contributed by atoms with Crippen molar-refractivity contribution in [1.29, 1.82) is 0 Å². The molecule has 37 heavy (non-hydrogen) atoms. The maximum absolute atomic E-state index is 9.92. The normalized spacial score (nSPS) is 21.2. The maximum Gasteiger partial charge on any atom is 0.131 e. The molecule has 4 aromatic carbocycles. The molecule has 1 fully saturated rings. The number of rotatable bonds is 7. The third kappa shape index (κ3) is 5.07. The number of aromatic hydroxyl groups is 1. The monoisotopic (exact) mass is 491 g/mol. The van der Waals surface area contributed by atoms with Crippen LogP contribution in [0.15, 0.2) is 103 Å². The van der Waals surface area contributed by atoms with Crippen LogP contribution in [0.1, 0.15) is 53.0 Å².